The lowest BCUT2D eigenvalue weighted by Gasteiger charge is -2.28. The van der Waals surface area contributed by atoms with Crippen LogP contribution in [0.25, 0.3) is 10.9 Å². The molecule has 3 rings (SSSR count). The number of fused-ring (bicyclic) bond motifs is 1. The molecule has 122 valence electrons. The van der Waals surface area contributed by atoms with Crippen LogP contribution in [0.3, 0.4) is 0 Å². The van der Waals surface area contributed by atoms with Gasteiger partial charge in [-0.05, 0) is 56.7 Å². The van der Waals surface area contributed by atoms with Crippen LogP contribution in [0, 0.1) is 18.7 Å². The van der Waals surface area contributed by atoms with E-state index in [2.05, 4.69) is 10.3 Å². The third-order valence-corrected chi connectivity index (χ3v) is 4.58. The van der Waals surface area contributed by atoms with Crippen LogP contribution in [0.5, 0.6) is 0 Å². The Kier molecular flexibility index (Phi) is 4.57. The third-order valence-electron chi connectivity index (χ3n) is 4.58. The number of carbonyl (C=O) groups is 1. The number of hydrogen-bond donors (Lipinski definition) is 2. The standard InChI is InChI=1S/C18H21FN2O2/c1-11-8-16(15-7-4-13(19)9-17(15)20-11)18(23)21-14-5-2-12(10-22)3-6-14/h4,7-9,12,14,22H,2-3,5-6,10H2,1H3,(H,21,23). The Morgan fingerprint density at radius 3 is 2.74 bits per heavy atom. The molecule has 1 fully saturated rings. The average Bonchev–Trinajstić information content (AvgIpc) is 2.54. The number of amides is 1. The summed E-state index contributed by atoms with van der Waals surface area (Å²) in [6.07, 6.45) is 3.63. The first-order valence-corrected chi connectivity index (χ1v) is 8.05. The van der Waals surface area contributed by atoms with Crippen molar-refractivity contribution < 1.29 is 14.3 Å². The van der Waals surface area contributed by atoms with E-state index in [1.54, 1.807) is 19.1 Å². The van der Waals surface area contributed by atoms with Crippen molar-refractivity contribution in [1.29, 1.82) is 0 Å². The summed E-state index contributed by atoms with van der Waals surface area (Å²) in [6.45, 7) is 2.02. The number of aryl methyl sites for hydroxylation is 1. The topological polar surface area (TPSA) is 62.2 Å². The molecular formula is C18H21FN2O2. The predicted molar refractivity (Wildman–Crippen MR) is 86.7 cm³/mol. The second-order valence-corrected chi connectivity index (χ2v) is 6.35. The Hall–Kier alpha value is -2.01. The molecule has 0 bridgehead atoms. The molecule has 4 nitrogen and oxygen atoms in total. The van der Waals surface area contributed by atoms with Crippen molar-refractivity contribution in [1.82, 2.24) is 10.3 Å². The van der Waals surface area contributed by atoms with Gasteiger partial charge in [0.25, 0.3) is 5.91 Å². The molecule has 1 aliphatic rings. The summed E-state index contributed by atoms with van der Waals surface area (Å²) in [5, 5.41) is 12.9. The largest absolute Gasteiger partial charge is 0.396 e. The first kappa shape index (κ1) is 15.9. The van der Waals surface area contributed by atoms with E-state index in [0.29, 0.717) is 28.1 Å². The number of nitrogens with zero attached hydrogens (tertiary/aromatic N) is 1. The Morgan fingerprint density at radius 1 is 1.30 bits per heavy atom. The van der Waals surface area contributed by atoms with E-state index in [4.69, 9.17) is 0 Å². The molecule has 1 saturated carbocycles. The highest BCUT2D eigenvalue weighted by atomic mass is 19.1. The molecule has 5 heteroatoms. The van der Waals surface area contributed by atoms with E-state index in [1.807, 2.05) is 0 Å². The molecule has 0 aliphatic heterocycles. The van der Waals surface area contributed by atoms with E-state index in [-0.39, 0.29) is 24.4 Å². The van der Waals surface area contributed by atoms with Gasteiger partial charge in [0.1, 0.15) is 5.82 Å². The normalized spacial score (nSPS) is 21.3. The average molecular weight is 316 g/mol. The maximum absolute atomic E-state index is 13.4. The van der Waals surface area contributed by atoms with Crippen molar-refractivity contribution >= 4 is 16.8 Å². The van der Waals surface area contributed by atoms with Crippen LogP contribution in [-0.4, -0.2) is 28.6 Å². The van der Waals surface area contributed by atoms with Gasteiger partial charge in [0.2, 0.25) is 0 Å². The van der Waals surface area contributed by atoms with Crippen LogP contribution in [0.1, 0.15) is 41.7 Å². The van der Waals surface area contributed by atoms with Crippen LogP contribution in [0.4, 0.5) is 4.39 Å². The molecule has 2 aromatic rings. The molecule has 0 saturated heterocycles. The zero-order valence-corrected chi connectivity index (χ0v) is 13.2. The monoisotopic (exact) mass is 316 g/mol. The fourth-order valence-corrected chi connectivity index (χ4v) is 3.27. The lowest BCUT2D eigenvalue weighted by Crippen LogP contribution is -2.38. The Balaban J connectivity index is 1.81. The molecule has 23 heavy (non-hydrogen) atoms. The molecule has 1 aromatic heterocycles. The maximum Gasteiger partial charge on any atom is 0.252 e. The smallest absolute Gasteiger partial charge is 0.252 e. The molecular weight excluding hydrogens is 295 g/mol. The van der Waals surface area contributed by atoms with Gasteiger partial charge in [-0.3, -0.25) is 9.78 Å². The summed E-state index contributed by atoms with van der Waals surface area (Å²) in [6, 6.07) is 6.19. The summed E-state index contributed by atoms with van der Waals surface area (Å²) in [4.78, 5) is 16.9. The van der Waals surface area contributed by atoms with Gasteiger partial charge in [-0.1, -0.05) is 0 Å². The summed E-state index contributed by atoms with van der Waals surface area (Å²) < 4.78 is 13.4. The number of rotatable bonds is 3. The number of aliphatic hydroxyl groups is 1. The van der Waals surface area contributed by atoms with Crippen LogP contribution in [0.15, 0.2) is 24.3 Å². The van der Waals surface area contributed by atoms with E-state index in [9.17, 15) is 14.3 Å². The molecule has 0 atom stereocenters. The van der Waals surface area contributed by atoms with Gasteiger partial charge in [0.05, 0.1) is 11.1 Å². The highest BCUT2D eigenvalue weighted by molar-refractivity contribution is 6.06. The van der Waals surface area contributed by atoms with Gasteiger partial charge >= 0.3 is 0 Å². The van der Waals surface area contributed by atoms with Crippen LogP contribution in [0.2, 0.25) is 0 Å². The number of pyridine rings is 1. The SMILES string of the molecule is Cc1cc(C(=O)NC2CCC(CO)CC2)c2ccc(F)cc2n1. The molecule has 1 heterocycles. The fraction of sp³-hybridized carbons (Fsp3) is 0.444. The number of halogens is 1. The molecule has 1 amide bonds. The minimum atomic E-state index is -0.357. The van der Waals surface area contributed by atoms with Gasteiger partial charge in [-0.2, -0.15) is 0 Å². The van der Waals surface area contributed by atoms with Crippen molar-refractivity contribution in [2.75, 3.05) is 6.61 Å². The van der Waals surface area contributed by atoms with Crippen LogP contribution >= 0.6 is 0 Å². The molecule has 0 spiro atoms. The predicted octanol–water partition coefficient (Wildman–Crippen LogP) is 2.96. The third kappa shape index (κ3) is 3.50. The first-order valence-electron chi connectivity index (χ1n) is 8.05. The summed E-state index contributed by atoms with van der Waals surface area (Å²) in [5.41, 5.74) is 1.73. The first-order chi connectivity index (χ1) is 11.1. The summed E-state index contributed by atoms with van der Waals surface area (Å²) >= 11 is 0. The quantitative estimate of drug-likeness (QED) is 0.915. The van der Waals surface area contributed by atoms with E-state index >= 15 is 0 Å². The minimum absolute atomic E-state index is 0.134. The number of aromatic nitrogens is 1. The Morgan fingerprint density at radius 2 is 2.04 bits per heavy atom. The lowest BCUT2D eigenvalue weighted by molar-refractivity contribution is 0.0915. The zero-order valence-electron chi connectivity index (χ0n) is 13.2. The number of benzene rings is 1. The van der Waals surface area contributed by atoms with Crippen molar-refractivity contribution in [3.05, 3.63) is 41.3 Å². The summed E-state index contributed by atoms with van der Waals surface area (Å²) in [5.74, 6) is -0.140. The van der Waals surface area contributed by atoms with Crippen molar-refractivity contribution in [3.63, 3.8) is 0 Å². The maximum atomic E-state index is 13.4. The molecule has 2 N–H and O–H groups in total. The zero-order chi connectivity index (χ0) is 16.4. The second kappa shape index (κ2) is 6.62. The van der Waals surface area contributed by atoms with Crippen molar-refractivity contribution in [2.45, 2.75) is 38.6 Å². The molecule has 0 unspecified atom stereocenters. The second-order valence-electron chi connectivity index (χ2n) is 6.35. The molecule has 1 aromatic carbocycles. The molecule has 1 aliphatic carbocycles. The van der Waals surface area contributed by atoms with Gasteiger partial charge in [0.15, 0.2) is 0 Å². The van der Waals surface area contributed by atoms with E-state index < -0.39 is 0 Å². The number of carbonyl (C=O) groups excluding carboxylic acids is 1. The van der Waals surface area contributed by atoms with Crippen LogP contribution < -0.4 is 5.32 Å². The number of aliphatic hydroxyl groups excluding tert-OH is 1. The Bertz CT molecular complexity index is 719. The van der Waals surface area contributed by atoms with Gasteiger partial charge in [0, 0.05) is 29.8 Å². The van der Waals surface area contributed by atoms with Gasteiger partial charge in [-0.15, -0.1) is 0 Å². The van der Waals surface area contributed by atoms with E-state index in [1.165, 1.54) is 12.1 Å². The Labute approximate surface area is 134 Å². The van der Waals surface area contributed by atoms with Crippen molar-refractivity contribution in [2.24, 2.45) is 5.92 Å². The lowest BCUT2D eigenvalue weighted by atomic mass is 9.86. The van der Waals surface area contributed by atoms with Crippen molar-refractivity contribution in [3.8, 4) is 0 Å². The number of hydrogen-bond acceptors (Lipinski definition) is 3. The summed E-state index contributed by atoms with van der Waals surface area (Å²) in [7, 11) is 0. The minimum Gasteiger partial charge on any atom is -0.396 e. The van der Waals surface area contributed by atoms with Gasteiger partial charge in [-0.25, -0.2) is 4.39 Å². The van der Waals surface area contributed by atoms with Gasteiger partial charge < -0.3 is 10.4 Å². The number of nitrogens with one attached hydrogen (secondary N) is 1. The van der Waals surface area contributed by atoms with E-state index in [0.717, 1.165) is 25.7 Å². The van der Waals surface area contributed by atoms with Crippen LogP contribution in [-0.2, 0) is 0 Å². The highest BCUT2D eigenvalue weighted by Crippen LogP contribution is 2.25. The molecule has 0 radical (unpaired) electrons. The highest BCUT2D eigenvalue weighted by Gasteiger charge is 2.23. The fourth-order valence-electron chi connectivity index (χ4n) is 3.27.